The Morgan fingerprint density at radius 1 is 1.24 bits per heavy atom. The van der Waals surface area contributed by atoms with Gasteiger partial charge in [0.1, 0.15) is 5.82 Å². The van der Waals surface area contributed by atoms with Gasteiger partial charge in [0.05, 0.1) is 5.52 Å². The summed E-state index contributed by atoms with van der Waals surface area (Å²) < 4.78 is 13.9. The first-order valence-electron chi connectivity index (χ1n) is 8.03. The van der Waals surface area contributed by atoms with Crippen molar-refractivity contribution in [3.8, 4) is 0 Å². The van der Waals surface area contributed by atoms with E-state index in [9.17, 15) is 4.39 Å². The van der Waals surface area contributed by atoms with Gasteiger partial charge >= 0.3 is 0 Å². The van der Waals surface area contributed by atoms with Crippen molar-refractivity contribution in [2.24, 2.45) is 0 Å². The van der Waals surface area contributed by atoms with E-state index in [0.29, 0.717) is 11.5 Å². The van der Waals surface area contributed by atoms with E-state index in [0.717, 1.165) is 35.2 Å². The van der Waals surface area contributed by atoms with Gasteiger partial charge in [-0.25, -0.2) is 4.39 Å². The number of anilines is 1. The number of fused-ring (bicyclic) bond motifs is 1. The Bertz CT molecular complexity index is 645. The summed E-state index contributed by atoms with van der Waals surface area (Å²) >= 11 is 0. The van der Waals surface area contributed by atoms with Crippen molar-refractivity contribution in [2.45, 2.75) is 51.9 Å². The fourth-order valence-electron chi connectivity index (χ4n) is 3.21. The number of nitrogens with zero attached hydrogens (tertiary/aromatic N) is 1. The van der Waals surface area contributed by atoms with Crippen LogP contribution in [0.1, 0.15) is 56.2 Å². The van der Waals surface area contributed by atoms with Crippen LogP contribution in [0.15, 0.2) is 18.2 Å². The predicted octanol–water partition coefficient (Wildman–Crippen LogP) is 5.16. The highest BCUT2D eigenvalue weighted by atomic mass is 19.1. The maximum atomic E-state index is 13.9. The molecule has 1 heterocycles. The zero-order chi connectivity index (χ0) is 14.8. The van der Waals surface area contributed by atoms with E-state index in [2.05, 4.69) is 18.3 Å². The van der Waals surface area contributed by atoms with E-state index in [1.807, 2.05) is 13.0 Å². The van der Waals surface area contributed by atoms with Crippen LogP contribution in [0.3, 0.4) is 0 Å². The van der Waals surface area contributed by atoms with Gasteiger partial charge in [0.25, 0.3) is 0 Å². The molecule has 0 amide bonds. The summed E-state index contributed by atoms with van der Waals surface area (Å²) in [5.41, 5.74) is 3.69. The van der Waals surface area contributed by atoms with Crippen molar-refractivity contribution in [3.63, 3.8) is 0 Å². The molecule has 112 valence electrons. The van der Waals surface area contributed by atoms with Crippen LogP contribution in [0.25, 0.3) is 10.9 Å². The van der Waals surface area contributed by atoms with Gasteiger partial charge in [-0.05, 0) is 43.9 Å². The van der Waals surface area contributed by atoms with E-state index < -0.39 is 0 Å². The lowest BCUT2D eigenvalue weighted by Gasteiger charge is -2.15. The van der Waals surface area contributed by atoms with Crippen molar-refractivity contribution in [3.05, 3.63) is 35.3 Å². The van der Waals surface area contributed by atoms with Gasteiger partial charge in [-0.15, -0.1) is 0 Å². The number of rotatable bonds is 4. The highest BCUT2D eigenvalue weighted by Gasteiger charge is 2.20. The van der Waals surface area contributed by atoms with Gasteiger partial charge in [0.15, 0.2) is 0 Å². The Labute approximate surface area is 125 Å². The van der Waals surface area contributed by atoms with Crippen LogP contribution in [0, 0.1) is 12.7 Å². The summed E-state index contributed by atoms with van der Waals surface area (Å²) in [7, 11) is 0. The van der Waals surface area contributed by atoms with E-state index in [1.165, 1.54) is 25.7 Å². The summed E-state index contributed by atoms with van der Waals surface area (Å²) in [4.78, 5) is 4.75. The first kappa shape index (κ1) is 14.3. The molecule has 0 unspecified atom stereocenters. The lowest BCUT2D eigenvalue weighted by atomic mass is 10.0. The molecule has 3 rings (SSSR count). The molecule has 1 aromatic carbocycles. The minimum Gasteiger partial charge on any atom is -0.384 e. The molecule has 1 N–H and O–H groups in total. The first-order chi connectivity index (χ1) is 10.2. The Balaban J connectivity index is 2.11. The molecule has 2 aromatic rings. The molecule has 0 bridgehead atoms. The van der Waals surface area contributed by atoms with Crippen LogP contribution in [-0.2, 0) is 0 Å². The molecule has 21 heavy (non-hydrogen) atoms. The highest BCUT2D eigenvalue weighted by molar-refractivity contribution is 5.92. The summed E-state index contributed by atoms with van der Waals surface area (Å²) in [6, 6.07) is 5.68. The zero-order valence-electron chi connectivity index (χ0n) is 12.9. The molecule has 2 nitrogen and oxygen atoms in total. The molecule has 1 aliphatic carbocycles. The number of benzene rings is 1. The Morgan fingerprint density at radius 3 is 2.71 bits per heavy atom. The van der Waals surface area contributed by atoms with Gasteiger partial charge in [-0.3, -0.25) is 4.98 Å². The second-order valence-corrected chi connectivity index (χ2v) is 6.12. The predicted molar refractivity (Wildman–Crippen MR) is 86.4 cm³/mol. The first-order valence-corrected chi connectivity index (χ1v) is 8.03. The number of pyridine rings is 1. The number of aryl methyl sites for hydroxylation is 1. The maximum absolute atomic E-state index is 13.9. The summed E-state index contributed by atoms with van der Waals surface area (Å²) in [6.45, 7) is 4.89. The summed E-state index contributed by atoms with van der Waals surface area (Å²) in [6.07, 6.45) is 6.05. The van der Waals surface area contributed by atoms with Crippen LogP contribution >= 0.6 is 0 Å². The second-order valence-electron chi connectivity index (χ2n) is 6.12. The van der Waals surface area contributed by atoms with Crippen LogP contribution < -0.4 is 5.32 Å². The molecule has 3 heteroatoms. The fraction of sp³-hybridized carbons (Fsp3) is 0.500. The van der Waals surface area contributed by atoms with Crippen LogP contribution in [0.4, 0.5) is 10.1 Å². The van der Waals surface area contributed by atoms with E-state index in [4.69, 9.17) is 4.98 Å². The number of aromatic nitrogens is 1. The van der Waals surface area contributed by atoms with Gasteiger partial charge in [0, 0.05) is 35.3 Å². The number of hydrogen-bond donors (Lipinski definition) is 1. The largest absolute Gasteiger partial charge is 0.384 e. The molecule has 0 spiro atoms. The van der Waals surface area contributed by atoms with E-state index >= 15 is 0 Å². The smallest absolute Gasteiger partial charge is 0.128 e. The van der Waals surface area contributed by atoms with Crippen LogP contribution in [0.5, 0.6) is 0 Å². The van der Waals surface area contributed by atoms with Gasteiger partial charge in [-0.1, -0.05) is 19.8 Å². The standard InChI is InChI=1S/C18H23FN2/c1-3-8-20-17-11-16(13-6-4-5-7-13)21-18-10-15(19)12(2)9-14(17)18/h9-11,13H,3-8H2,1-2H3,(H,20,21). The molecule has 0 aliphatic heterocycles. The minimum atomic E-state index is -0.167. The van der Waals surface area contributed by atoms with Crippen LogP contribution in [0.2, 0.25) is 0 Å². The third-order valence-electron chi connectivity index (χ3n) is 4.45. The van der Waals surface area contributed by atoms with Crippen molar-refractivity contribution in [1.82, 2.24) is 4.98 Å². The highest BCUT2D eigenvalue weighted by Crippen LogP contribution is 2.36. The van der Waals surface area contributed by atoms with E-state index in [-0.39, 0.29) is 5.82 Å². The summed E-state index contributed by atoms with van der Waals surface area (Å²) in [5.74, 6) is 0.376. The number of nitrogens with one attached hydrogen (secondary N) is 1. The molecule has 0 saturated heterocycles. The molecule has 1 aromatic heterocycles. The van der Waals surface area contributed by atoms with Crippen LogP contribution in [-0.4, -0.2) is 11.5 Å². The fourth-order valence-corrected chi connectivity index (χ4v) is 3.21. The average Bonchev–Trinajstić information content (AvgIpc) is 3.00. The lowest BCUT2D eigenvalue weighted by Crippen LogP contribution is -2.05. The van der Waals surface area contributed by atoms with Gasteiger partial charge in [0.2, 0.25) is 0 Å². The monoisotopic (exact) mass is 286 g/mol. The van der Waals surface area contributed by atoms with E-state index in [1.54, 1.807) is 6.07 Å². The molecule has 1 aliphatic rings. The normalized spacial score (nSPS) is 15.8. The Kier molecular flexibility index (Phi) is 4.09. The number of hydrogen-bond acceptors (Lipinski definition) is 2. The van der Waals surface area contributed by atoms with Crippen molar-refractivity contribution >= 4 is 16.6 Å². The third-order valence-corrected chi connectivity index (χ3v) is 4.45. The average molecular weight is 286 g/mol. The second kappa shape index (κ2) is 6.00. The third kappa shape index (κ3) is 2.87. The molecule has 0 radical (unpaired) electrons. The Morgan fingerprint density at radius 2 is 2.00 bits per heavy atom. The Hall–Kier alpha value is -1.64. The molecule has 1 fully saturated rings. The SMILES string of the molecule is CCCNc1cc(C2CCCC2)nc2cc(F)c(C)cc12. The van der Waals surface area contributed by atoms with Gasteiger partial charge < -0.3 is 5.32 Å². The summed E-state index contributed by atoms with van der Waals surface area (Å²) in [5, 5.41) is 4.52. The quantitative estimate of drug-likeness (QED) is 0.839. The molecule has 0 atom stereocenters. The molecule has 1 saturated carbocycles. The van der Waals surface area contributed by atoms with Gasteiger partial charge in [-0.2, -0.15) is 0 Å². The minimum absolute atomic E-state index is 0.167. The van der Waals surface area contributed by atoms with Crippen molar-refractivity contribution in [2.75, 3.05) is 11.9 Å². The maximum Gasteiger partial charge on any atom is 0.128 e. The van der Waals surface area contributed by atoms with Crippen molar-refractivity contribution < 1.29 is 4.39 Å². The molecular formula is C18H23FN2. The lowest BCUT2D eigenvalue weighted by molar-refractivity contribution is 0.620. The van der Waals surface area contributed by atoms with Crippen molar-refractivity contribution in [1.29, 1.82) is 0 Å². The molecular weight excluding hydrogens is 263 g/mol. The topological polar surface area (TPSA) is 24.9 Å². The zero-order valence-corrected chi connectivity index (χ0v) is 12.9. The number of halogens is 1.